The monoisotopic (exact) mass is 608 g/mol. The van der Waals surface area contributed by atoms with Crippen molar-refractivity contribution in [1.82, 2.24) is 0 Å². The summed E-state index contributed by atoms with van der Waals surface area (Å²) in [5, 5.41) is 11.4. The molecule has 1 saturated carbocycles. The predicted octanol–water partition coefficient (Wildman–Crippen LogP) is 4.24. The number of hydrogen-bond acceptors (Lipinski definition) is 10. The second-order valence-corrected chi connectivity index (χ2v) is 10.5. The number of aliphatic hydroxyl groups excluding tert-OH is 1. The van der Waals surface area contributed by atoms with Crippen molar-refractivity contribution in [2.45, 2.75) is 30.2 Å². The Kier molecular flexibility index (Phi) is 8.41. The average molecular weight is 609 g/mol. The first kappa shape index (κ1) is 29.7. The van der Waals surface area contributed by atoms with Gasteiger partial charge in [0.05, 0.1) is 28.2 Å². The largest absolute Gasteiger partial charge is 0.459 e. The zero-order valence-electron chi connectivity index (χ0n) is 23.8. The topological polar surface area (TPSA) is 135 Å². The molecule has 0 aromatic heterocycles. The van der Waals surface area contributed by atoms with E-state index in [2.05, 4.69) is 0 Å². The first-order valence-corrected chi connectivity index (χ1v) is 14.2. The molecule has 0 radical (unpaired) electrons. The van der Waals surface area contributed by atoms with E-state index in [0.29, 0.717) is 0 Å². The van der Waals surface area contributed by atoms with Gasteiger partial charge in [-0.05, 0) is 48.5 Å². The van der Waals surface area contributed by atoms with Crippen LogP contribution in [0, 0.1) is 5.92 Å². The van der Waals surface area contributed by atoms with Gasteiger partial charge in [-0.15, -0.1) is 0 Å². The van der Waals surface area contributed by atoms with Crippen molar-refractivity contribution in [1.29, 1.82) is 0 Å². The third-order valence-corrected chi connectivity index (χ3v) is 7.78. The maximum atomic E-state index is 13.3. The van der Waals surface area contributed by atoms with Crippen LogP contribution in [0.4, 0.5) is 0 Å². The molecular formula is C35H28O10. The van der Waals surface area contributed by atoms with E-state index in [1.807, 2.05) is 0 Å². The van der Waals surface area contributed by atoms with Crippen LogP contribution >= 0.6 is 0 Å². The van der Waals surface area contributed by atoms with E-state index < -0.39 is 66.6 Å². The number of rotatable bonds is 9. The molecule has 1 N–H and O–H groups in total. The predicted molar refractivity (Wildman–Crippen MR) is 157 cm³/mol. The van der Waals surface area contributed by atoms with Crippen molar-refractivity contribution < 1.29 is 48.0 Å². The van der Waals surface area contributed by atoms with E-state index in [-0.39, 0.29) is 22.3 Å². The summed E-state index contributed by atoms with van der Waals surface area (Å²) in [6, 6.07) is 32.5. The van der Waals surface area contributed by atoms with Crippen molar-refractivity contribution in [3.63, 3.8) is 0 Å². The molecule has 1 heterocycles. The molecule has 10 nitrogen and oxygen atoms in total. The second kappa shape index (κ2) is 12.7. The van der Waals surface area contributed by atoms with Crippen LogP contribution in [0.5, 0.6) is 0 Å². The van der Waals surface area contributed by atoms with Crippen LogP contribution in [0.15, 0.2) is 121 Å². The van der Waals surface area contributed by atoms with Crippen molar-refractivity contribution in [2.75, 3.05) is 6.61 Å². The van der Waals surface area contributed by atoms with E-state index in [0.717, 1.165) is 0 Å². The molecule has 1 aliphatic heterocycles. The Bertz CT molecular complexity index is 1660. The Morgan fingerprint density at radius 3 is 1.51 bits per heavy atom. The zero-order chi connectivity index (χ0) is 31.4. The number of benzene rings is 4. The number of carbonyl (C=O) groups is 4. The summed E-state index contributed by atoms with van der Waals surface area (Å²) in [6.07, 6.45) is -5.70. The number of fused-ring (bicyclic) bond motifs is 1. The highest BCUT2D eigenvalue weighted by atomic mass is 16.7. The molecular weight excluding hydrogens is 580 g/mol. The summed E-state index contributed by atoms with van der Waals surface area (Å²) in [6.45, 7) is -0.484. The third kappa shape index (κ3) is 6.06. The number of aliphatic hydroxyl groups is 1. The van der Waals surface area contributed by atoms with Crippen molar-refractivity contribution in [3.8, 4) is 0 Å². The highest BCUT2D eigenvalue weighted by Gasteiger charge is 2.80. The van der Waals surface area contributed by atoms with Gasteiger partial charge in [-0.3, -0.25) is 0 Å². The first-order chi connectivity index (χ1) is 21.9. The molecule has 0 amide bonds. The van der Waals surface area contributed by atoms with Gasteiger partial charge < -0.3 is 28.8 Å². The number of ether oxygens (including phenoxy) is 5. The van der Waals surface area contributed by atoms with Crippen molar-refractivity contribution in [3.05, 3.63) is 144 Å². The normalized spacial score (nSPS) is 24.8. The zero-order valence-corrected chi connectivity index (χ0v) is 23.8. The smallest absolute Gasteiger partial charge is 0.340 e. The van der Waals surface area contributed by atoms with Crippen molar-refractivity contribution in [2.24, 2.45) is 5.92 Å². The molecule has 4 unspecified atom stereocenters. The minimum Gasteiger partial charge on any atom is -0.459 e. The number of carbonyl (C=O) groups excluding carboxylic acids is 4. The molecule has 1 saturated heterocycles. The van der Waals surface area contributed by atoms with Gasteiger partial charge in [0.1, 0.15) is 18.8 Å². The SMILES string of the molecule is O=C(OCC1O[C@@H](OC(=O)c2ccccc2)C(OC(=O)c2ccccc2)C2C(O)[C@@]12OC(=O)c1ccccc1)c1ccccc1. The molecule has 4 aromatic carbocycles. The summed E-state index contributed by atoms with van der Waals surface area (Å²) >= 11 is 0. The minimum absolute atomic E-state index is 0.195. The van der Waals surface area contributed by atoms with E-state index >= 15 is 0 Å². The molecule has 2 fully saturated rings. The molecule has 1 aliphatic carbocycles. The highest BCUT2D eigenvalue weighted by Crippen LogP contribution is 2.58. The molecule has 6 atom stereocenters. The van der Waals surface area contributed by atoms with Crippen molar-refractivity contribution >= 4 is 23.9 Å². The molecule has 0 spiro atoms. The molecule has 2 aliphatic rings. The summed E-state index contributed by atoms with van der Waals surface area (Å²) in [5.74, 6) is -4.13. The van der Waals surface area contributed by atoms with Gasteiger partial charge in [-0.2, -0.15) is 0 Å². The Labute approximate surface area is 258 Å². The van der Waals surface area contributed by atoms with Crippen LogP contribution in [0.3, 0.4) is 0 Å². The van der Waals surface area contributed by atoms with Crippen LogP contribution in [0.1, 0.15) is 41.4 Å². The molecule has 4 aromatic rings. The van der Waals surface area contributed by atoms with Crippen LogP contribution in [-0.4, -0.2) is 65.8 Å². The fourth-order valence-corrected chi connectivity index (χ4v) is 5.45. The molecule has 10 heteroatoms. The fraction of sp³-hybridized carbons (Fsp3) is 0.200. The van der Waals surface area contributed by atoms with Crippen LogP contribution in [0.2, 0.25) is 0 Å². The lowest BCUT2D eigenvalue weighted by Gasteiger charge is -2.38. The van der Waals surface area contributed by atoms with Gasteiger partial charge in [0.25, 0.3) is 0 Å². The van der Waals surface area contributed by atoms with Gasteiger partial charge in [0.15, 0.2) is 11.7 Å². The van der Waals surface area contributed by atoms with Crippen LogP contribution in [0.25, 0.3) is 0 Å². The Hall–Kier alpha value is -5.32. The summed E-state index contributed by atoms with van der Waals surface area (Å²) in [7, 11) is 0. The molecule has 228 valence electrons. The van der Waals surface area contributed by atoms with Gasteiger partial charge in [0.2, 0.25) is 6.29 Å². The fourth-order valence-electron chi connectivity index (χ4n) is 5.45. The third-order valence-electron chi connectivity index (χ3n) is 7.78. The number of esters is 4. The number of hydrogen-bond donors (Lipinski definition) is 1. The van der Waals surface area contributed by atoms with E-state index in [9.17, 15) is 24.3 Å². The van der Waals surface area contributed by atoms with E-state index in [4.69, 9.17) is 23.7 Å². The maximum absolute atomic E-state index is 13.3. The summed E-state index contributed by atoms with van der Waals surface area (Å²) in [5.41, 5.74) is -0.948. The Morgan fingerprint density at radius 1 is 0.600 bits per heavy atom. The van der Waals surface area contributed by atoms with Gasteiger partial charge in [-0.1, -0.05) is 72.8 Å². The highest BCUT2D eigenvalue weighted by molar-refractivity contribution is 5.91. The lowest BCUT2D eigenvalue weighted by molar-refractivity contribution is -0.254. The lowest BCUT2D eigenvalue weighted by atomic mass is 10.0. The molecule has 6 rings (SSSR count). The average Bonchev–Trinajstić information content (AvgIpc) is 3.69. The first-order valence-electron chi connectivity index (χ1n) is 14.2. The maximum Gasteiger partial charge on any atom is 0.340 e. The van der Waals surface area contributed by atoms with Gasteiger partial charge in [0, 0.05) is 0 Å². The Balaban J connectivity index is 1.33. The summed E-state index contributed by atoms with van der Waals surface area (Å²) < 4.78 is 29.1. The van der Waals surface area contributed by atoms with Crippen LogP contribution in [-0.2, 0) is 23.7 Å². The summed E-state index contributed by atoms with van der Waals surface area (Å²) in [4.78, 5) is 52.5. The van der Waals surface area contributed by atoms with Gasteiger partial charge in [-0.25, -0.2) is 19.2 Å². The standard InChI is InChI=1S/C35H28O10/c36-29-27-28(43-31(38)23-15-7-2-8-16-23)34(44-32(39)24-17-9-3-10-18-24)42-26(21-41-30(37)22-13-5-1-6-14-22)35(27,29)45-33(40)25-19-11-4-12-20-25/h1-20,26-29,34,36H,21H2/t26?,27?,28?,29?,34-,35+/m0/s1. The van der Waals surface area contributed by atoms with Gasteiger partial charge >= 0.3 is 23.9 Å². The minimum atomic E-state index is -1.80. The Morgan fingerprint density at radius 2 is 1.02 bits per heavy atom. The van der Waals surface area contributed by atoms with E-state index in [1.165, 1.54) is 36.4 Å². The molecule has 45 heavy (non-hydrogen) atoms. The lowest BCUT2D eigenvalue weighted by Crippen LogP contribution is -2.55. The molecule has 0 bridgehead atoms. The van der Waals surface area contributed by atoms with Crippen LogP contribution < -0.4 is 0 Å². The van der Waals surface area contributed by atoms with E-state index in [1.54, 1.807) is 84.9 Å². The quantitative estimate of drug-likeness (QED) is 0.217. The second-order valence-electron chi connectivity index (χ2n) is 10.5.